The van der Waals surface area contributed by atoms with E-state index in [0.717, 1.165) is 29.6 Å². The monoisotopic (exact) mass is 249 g/mol. The molecule has 0 unspecified atom stereocenters. The first kappa shape index (κ1) is 10.7. The Hall–Kier alpha value is -1.42. The van der Waals surface area contributed by atoms with E-state index in [9.17, 15) is 4.79 Å². The van der Waals surface area contributed by atoms with Gasteiger partial charge >= 0.3 is 0 Å². The summed E-state index contributed by atoms with van der Waals surface area (Å²) < 4.78 is 1.93. The fourth-order valence-corrected chi connectivity index (χ4v) is 2.46. The van der Waals surface area contributed by atoms with E-state index in [2.05, 4.69) is 10.1 Å². The summed E-state index contributed by atoms with van der Waals surface area (Å²) in [5, 5.41) is 5.76. The van der Waals surface area contributed by atoms with Gasteiger partial charge in [-0.1, -0.05) is 11.6 Å². The van der Waals surface area contributed by atoms with Crippen molar-refractivity contribution in [2.45, 2.75) is 32.7 Å². The van der Waals surface area contributed by atoms with E-state index in [1.165, 1.54) is 6.92 Å². The second kappa shape index (κ2) is 3.53. The van der Waals surface area contributed by atoms with E-state index in [1.54, 1.807) is 6.20 Å². The maximum Gasteiger partial charge on any atom is 0.162 e. The Labute approximate surface area is 104 Å². The number of carbonyl (C=O) groups is 1. The van der Waals surface area contributed by atoms with Crippen LogP contribution in [0, 0.1) is 6.92 Å². The number of Topliss-reactive ketones (excluding diaryl/α,β-unsaturated/α-hetero) is 1. The number of halogens is 1. The molecule has 0 spiro atoms. The van der Waals surface area contributed by atoms with Gasteiger partial charge in [-0.05, 0) is 26.7 Å². The van der Waals surface area contributed by atoms with Crippen molar-refractivity contribution in [1.29, 1.82) is 0 Å². The van der Waals surface area contributed by atoms with Gasteiger partial charge in [-0.15, -0.1) is 0 Å². The molecule has 0 atom stereocenters. The number of carbonyl (C=O) groups excluding carboxylic acids is 1. The van der Waals surface area contributed by atoms with Crippen LogP contribution in [0.1, 0.15) is 41.9 Å². The molecule has 4 nitrogen and oxygen atoms in total. The van der Waals surface area contributed by atoms with Crippen LogP contribution in [-0.2, 0) is 0 Å². The highest BCUT2D eigenvalue weighted by Crippen LogP contribution is 2.38. The molecule has 88 valence electrons. The number of aryl methyl sites for hydroxylation is 1. The summed E-state index contributed by atoms with van der Waals surface area (Å²) in [7, 11) is 0. The Morgan fingerprint density at radius 3 is 2.82 bits per heavy atom. The van der Waals surface area contributed by atoms with Crippen molar-refractivity contribution >= 4 is 28.4 Å². The molecule has 17 heavy (non-hydrogen) atoms. The van der Waals surface area contributed by atoms with Crippen LogP contribution in [-0.4, -0.2) is 20.5 Å². The van der Waals surface area contributed by atoms with Gasteiger partial charge in [-0.2, -0.15) is 5.10 Å². The predicted octanol–water partition coefficient (Wildman–Crippen LogP) is 2.93. The minimum Gasteiger partial charge on any atom is -0.294 e. The van der Waals surface area contributed by atoms with Crippen LogP contribution in [0.15, 0.2) is 6.20 Å². The Balaban J connectivity index is 2.32. The normalized spacial score (nSPS) is 15.5. The van der Waals surface area contributed by atoms with Crippen molar-refractivity contribution < 1.29 is 4.79 Å². The first-order valence-corrected chi connectivity index (χ1v) is 6.01. The van der Waals surface area contributed by atoms with Crippen molar-refractivity contribution in [1.82, 2.24) is 14.8 Å². The van der Waals surface area contributed by atoms with Gasteiger partial charge in [0.1, 0.15) is 0 Å². The van der Waals surface area contributed by atoms with Gasteiger partial charge in [0, 0.05) is 6.20 Å². The molecule has 1 fully saturated rings. The van der Waals surface area contributed by atoms with Crippen LogP contribution in [0.2, 0.25) is 5.02 Å². The maximum atomic E-state index is 11.4. The minimum absolute atomic E-state index is 0.0667. The molecule has 1 aliphatic carbocycles. The number of hydrogen-bond acceptors (Lipinski definition) is 3. The number of nitrogens with zero attached hydrogens (tertiary/aromatic N) is 3. The van der Waals surface area contributed by atoms with Crippen molar-refractivity contribution in [2.75, 3.05) is 0 Å². The number of pyridine rings is 1. The van der Waals surface area contributed by atoms with Crippen molar-refractivity contribution in [2.24, 2.45) is 0 Å². The van der Waals surface area contributed by atoms with Crippen LogP contribution in [0.5, 0.6) is 0 Å². The molecule has 1 aliphatic rings. The van der Waals surface area contributed by atoms with Crippen LogP contribution >= 0.6 is 11.6 Å². The quantitative estimate of drug-likeness (QED) is 0.769. The second-order valence-electron chi connectivity index (χ2n) is 4.50. The third-order valence-corrected chi connectivity index (χ3v) is 3.50. The van der Waals surface area contributed by atoms with E-state index in [1.807, 2.05) is 11.6 Å². The highest BCUT2D eigenvalue weighted by molar-refractivity contribution is 6.38. The summed E-state index contributed by atoms with van der Waals surface area (Å²) in [5.74, 6) is -0.0667. The summed E-state index contributed by atoms with van der Waals surface area (Å²) >= 11 is 6.27. The number of hydrogen-bond donors (Lipinski definition) is 0. The molecule has 1 saturated carbocycles. The zero-order chi connectivity index (χ0) is 12.2. The summed E-state index contributed by atoms with van der Waals surface area (Å²) in [4.78, 5) is 15.8. The number of ketones is 1. The number of rotatable bonds is 2. The first-order valence-electron chi connectivity index (χ1n) is 5.64. The van der Waals surface area contributed by atoms with Crippen LogP contribution in [0.4, 0.5) is 0 Å². The molecule has 0 radical (unpaired) electrons. The van der Waals surface area contributed by atoms with Gasteiger partial charge < -0.3 is 0 Å². The average Bonchev–Trinajstić information content (AvgIpc) is 3.04. The molecule has 0 N–H and O–H groups in total. The van der Waals surface area contributed by atoms with Gasteiger partial charge in [-0.25, -0.2) is 9.67 Å². The van der Waals surface area contributed by atoms with Crippen molar-refractivity contribution in [3.05, 3.63) is 22.5 Å². The van der Waals surface area contributed by atoms with Gasteiger partial charge in [0.2, 0.25) is 0 Å². The summed E-state index contributed by atoms with van der Waals surface area (Å²) in [6, 6.07) is 0.456. The lowest BCUT2D eigenvalue weighted by molar-refractivity contribution is 0.101. The zero-order valence-corrected chi connectivity index (χ0v) is 10.5. The summed E-state index contributed by atoms with van der Waals surface area (Å²) in [5.41, 5.74) is 2.10. The van der Waals surface area contributed by atoms with Crippen LogP contribution in [0.3, 0.4) is 0 Å². The van der Waals surface area contributed by atoms with E-state index in [-0.39, 0.29) is 5.78 Å². The maximum absolute atomic E-state index is 11.4. The molecule has 2 heterocycles. The smallest absolute Gasteiger partial charge is 0.162 e. The molecule has 0 aliphatic heterocycles. The lowest BCUT2D eigenvalue weighted by Crippen LogP contribution is -1.99. The Morgan fingerprint density at radius 2 is 2.24 bits per heavy atom. The second-order valence-corrected chi connectivity index (χ2v) is 4.88. The van der Waals surface area contributed by atoms with Crippen LogP contribution in [0.25, 0.3) is 11.0 Å². The minimum atomic E-state index is -0.0667. The van der Waals surface area contributed by atoms with Crippen molar-refractivity contribution in [3.63, 3.8) is 0 Å². The fraction of sp³-hybridized carbons (Fsp3) is 0.417. The molecular formula is C12H12ClN3O. The Kier molecular flexibility index (Phi) is 2.23. The third kappa shape index (κ3) is 1.55. The van der Waals surface area contributed by atoms with Gasteiger partial charge in [0.05, 0.1) is 27.7 Å². The largest absolute Gasteiger partial charge is 0.294 e. The van der Waals surface area contributed by atoms with Gasteiger partial charge in [0.15, 0.2) is 11.4 Å². The van der Waals surface area contributed by atoms with Gasteiger partial charge in [0.25, 0.3) is 0 Å². The molecule has 0 saturated heterocycles. The zero-order valence-electron chi connectivity index (χ0n) is 9.70. The van der Waals surface area contributed by atoms with E-state index in [4.69, 9.17) is 11.6 Å². The Bertz CT molecular complexity index is 628. The molecule has 0 bridgehead atoms. The summed E-state index contributed by atoms with van der Waals surface area (Å²) in [6.07, 6.45) is 3.83. The highest BCUT2D eigenvalue weighted by Gasteiger charge is 2.28. The lowest BCUT2D eigenvalue weighted by atomic mass is 10.1. The first-order chi connectivity index (χ1) is 8.09. The third-order valence-electron chi connectivity index (χ3n) is 3.10. The standard InChI is InChI=1S/C12H12ClN3O/c1-6-10-11(13)9(7(2)17)5-14-12(10)16(15-6)8-3-4-8/h5,8H,3-4H2,1-2H3. The molecule has 3 rings (SSSR count). The van der Waals surface area contributed by atoms with E-state index in [0.29, 0.717) is 16.6 Å². The summed E-state index contributed by atoms with van der Waals surface area (Å²) in [6.45, 7) is 3.40. The van der Waals surface area contributed by atoms with Crippen LogP contribution < -0.4 is 0 Å². The van der Waals surface area contributed by atoms with Gasteiger partial charge in [-0.3, -0.25) is 4.79 Å². The topological polar surface area (TPSA) is 47.8 Å². The van der Waals surface area contributed by atoms with Crippen molar-refractivity contribution in [3.8, 4) is 0 Å². The average molecular weight is 250 g/mol. The molecule has 0 aromatic carbocycles. The molecule has 2 aromatic rings. The lowest BCUT2D eigenvalue weighted by Gasteiger charge is -2.02. The molecule has 0 amide bonds. The van der Waals surface area contributed by atoms with E-state index >= 15 is 0 Å². The number of fused-ring (bicyclic) bond motifs is 1. The van der Waals surface area contributed by atoms with E-state index < -0.39 is 0 Å². The molecular weight excluding hydrogens is 238 g/mol. The fourth-order valence-electron chi connectivity index (χ4n) is 2.05. The SMILES string of the molecule is CC(=O)c1cnc2c(c(C)nn2C2CC2)c1Cl. The predicted molar refractivity (Wildman–Crippen MR) is 65.6 cm³/mol. The molecule has 2 aromatic heterocycles. The highest BCUT2D eigenvalue weighted by atomic mass is 35.5. The number of aromatic nitrogens is 3. The Morgan fingerprint density at radius 1 is 1.53 bits per heavy atom. The molecule has 5 heteroatoms.